The van der Waals surface area contributed by atoms with Crippen LogP contribution < -0.4 is 5.32 Å². The third-order valence-electron chi connectivity index (χ3n) is 3.45. The molecule has 0 radical (unpaired) electrons. The van der Waals surface area contributed by atoms with E-state index >= 15 is 0 Å². The predicted octanol–water partition coefficient (Wildman–Crippen LogP) is 6.34. The number of hydrogen-bond donors (Lipinski definition) is 1. The van der Waals surface area contributed by atoms with Gasteiger partial charge in [0.25, 0.3) is 0 Å². The summed E-state index contributed by atoms with van der Waals surface area (Å²) >= 11 is 4.84. The Morgan fingerprint density at radius 2 is 1.77 bits per heavy atom. The molecule has 2 rings (SSSR count). The number of carbonyl (C=O) groups excluding carboxylic acids is 1. The summed E-state index contributed by atoms with van der Waals surface area (Å²) in [6.07, 6.45) is 4.87. The highest BCUT2D eigenvalue weighted by molar-refractivity contribution is 9.11. The first-order chi connectivity index (χ1) is 10.6. The second-order valence-corrected chi connectivity index (χ2v) is 7.32. The third-order valence-corrected chi connectivity index (χ3v) is 5.07. The fraction of sp³-hybridized carbons (Fsp3) is 0.706. The highest BCUT2D eigenvalue weighted by Gasteiger charge is 2.22. The van der Waals surface area contributed by atoms with E-state index in [2.05, 4.69) is 28.2 Å². The molecule has 0 bridgehead atoms. The highest BCUT2D eigenvalue weighted by Crippen LogP contribution is 2.34. The van der Waals surface area contributed by atoms with E-state index in [9.17, 15) is 4.79 Å². The van der Waals surface area contributed by atoms with Crippen molar-refractivity contribution in [1.82, 2.24) is 0 Å². The molecule has 0 amide bonds. The number of thiophene rings is 1. The quantitative estimate of drug-likeness (QED) is 0.610. The van der Waals surface area contributed by atoms with Crippen molar-refractivity contribution in [2.24, 2.45) is 5.92 Å². The van der Waals surface area contributed by atoms with Crippen molar-refractivity contribution in [3.05, 3.63) is 14.7 Å². The van der Waals surface area contributed by atoms with Gasteiger partial charge in [0, 0.05) is 6.04 Å². The van der Waals surface area contributed by atoms with Gasteiger partial charge in [-0.15, -0.1) is 11.3 Å². The SMILES string of the molecule is CC.CC.COC(=O)c1sc(Br)cc1NC1CCC(C)CC1. The van der Waals surface area contributed by atoms with Crippen molar-refractivity contribution in [3.63, 3.8) is 0 Å². The molecule has 0 unspecified atom stereocenters. The molecule has 22 heavy (non-hydrogen) atoms. The molecule has 3 nitrogen and oxygen atoms in total. The Balaban J connectivity index is 0.00000102. The van der Waals surface area contributed by atoms with Gasteiger partial charge in [-0.25, -0.2) is 4.79 Å². The maximum Gasteiger partial charge on any atom is 0.350 e. The average molecular weight is 392 g/mol. The number of esters is 1. The number of methoxy groups -OCH3 is 1. The zero-order chi connectivity index (χ0) is 17.1. The summed E-state index contributed by atoms with van der Waals surface area (Å²) in [6, 6.07) is 2.45. The van der Waals surface area contributed by atoms with E-state index in [4.69, 9.17) is 4.74 Å². The summed E-state index contributed by atoms with van der Waals surface area (Å²) in [5.74, 6) is 0.565. The molecule has 1 N–H and O–H groups in total. The number of anilines is 1. The molecule has 0 aromatic carbocycles. The fourth-order valence-electron chi connectivity index (χ4n) is 2.34. The van der Waals surface area contributed by atoms with Gasteiger partial charge < -0.3 is 10.1 Å². The highest BCUT2D eigenvalue weighted by atomic mass is 79.9. The van der Waals surface area contributed by atoms with Gasteiger partial charge in [0.05, 0.1) is 16.6 Å². The molecule has 1 saturated carbocycles. The molecule has 1 aromatic rings. The van der Waals surface area contributed by atoms with Gasteiger partial charge in [-0.05, 0) is 53.6 Å². The van der Waals surface area contributed by atoms with E-state index in [0.717, 1.165) is 15.4 Å². The van der Waals surface area contributed by atoms with Crippen LogP contribution in [0.25, 0.3) is 0 Å². The largest absolute Gasteiger partial charge is 0.465 e. The minimum absolute atomic E-state index is 0.266. The molecule has 0 atom stereocenters. The van der Waals surface area contributed by atoms with E-state index in [-0.39, 0.29) is 5.97 Å². The number of nitrogens with one attached hydrogen (secondary N) is 1. The molecule has 1 fully saturated rings. The van der Waals surface area contributed by atoms with Gasteiger partial charge in [-0.2, -0.15) is 0 Å². The summed E-state index contributed by atoms with van der Waals surface area (Å²) in [6.45, 7) is 10.3. The smallest absolute Gasteiger partial charge is 0.350 e. The van der Waals surface area contributed by atoms with Gasteiger partial charge in [-0.1, -0.05) is 34.6 Å². The molecule has 1 heterocycles. The normalized spacial score (nSPS) is 20.0. The first kappa shape index (κ1) is 21.4. The molecular formula is C17H30BrNO2S. The number of ether oxygens (including phenoxy) is 1. The summed E-state index contributed by atoms with van der Waals surface area (Å²) < 4.78 is 5.76. The topological polar surface area (TPSA) is 38.3 Å². The molecule has 5 heteroatoms. The molecular weight excluding hydrogens is 362 g/mol. The fourth-order valence-corrected chi connectivity index (χ4v) is 3.82. The van der Waals surface area contributed by atoms with E-state index in [1.165, 1.54) is 44.1 Å². The monoisotopic (exact) mass is 391 g/mol. The zero-order valence-electron chi connectivity index (χ0n) is 14.7. The Morgan fingerprint density at radius 3 is 2.27 bits per heavy atom. The maximum atomic E-state index is 11.7. The standard InChI is InChI=1S/C13H18BrNO2S.2C2H6/c1-8-3-5-9(6-4-8)15-10-7-11(14)18-12(10)13(16)17-2;2*1-2/h7-9,15H,3-6H2,1-2H3;2*1-2H3. The van der Waals surface area contributed by atoms with Gasteiger partial charge >= 0.3 is 5.97 Å². The first-order valence-corrected chi connectivity index (χ1v) is 9.85. The van der Waals surface area contributed by atoms with Crippen LogP contribution in [0.1, 0.15) is 70.0 Å². The average Bonchev–Trinajstić information content (AvgIpc) is 2.93. The number of rotatable bonds is 3. The lowest BCUT2D eigenvalue weighted by molar-refractivity contribution is 0.0607. The van der Waals surface area contributed by atoms with Crippen LogP contribution >= 0.6 is 27.3 Å². The van der Waals surface area contributed by atoms with Crippen LogP contribution in [0.15, 0.2) is 9.85 Å². The molecule has 0 aliphatic heterocycles. The van der Waals surface area contributed by atoms with Crippen molar-refractivity contribution in [3.8, 4) is 0 Å². The van der Waals surface area contributed by atoms with Crippen LogP contribution in [0.2, 0.25) is 0 Å². The Morgan fingerprint density at radius 1 is 1.23 bits per heavy atom. The first-order valence-electron chi connectivity index (χ1n) is 8.24. The zero-order valence-corrected chi connectivity index (χ0v) is 17.1. The van der Waals surface area contributed by atoms with Crippen molar-refractivity contribution >= 4 is 38.9 Å². The molecule has 128 valence electrons. The summed E-state index contributed by atoms with van der Waals surface area (Å²) in [7, 11) is 1.42. The number of hydrogen-bond acceptors (Lipinski definition) is 4. The van der Waals surface area contributed by atoms with Gasteiger partial charge in [0.1, 0.15) is 4.88 Å². The van der Waals surface area contributed by atoms with Crippen molar-refractivity contribution in [2.45, 2.75) is 66.3 Å². The Hall–Kier alpha value is -0.550. The van der Waals surface area contributed by atoms with E-state index < -0.39 is 0 Å². The van der Waals surface area contributed by atoms with Crippen LogP contribution in [-0.2, 0) is 4.74 Å². The lowest BCUT2D eigenvalue weighted by atomic mass is 9.87. The Labute approximate surface area is 148 Å². The number of halogens is 1. The van der Waals surface area contributed by atoms with Gasteiger partial charge in [0.15, 0.2) is 0 Å². The van der Waals surface area contributed by atoms with Gasteiger partial charge in [-0.3, -0.25) is 0 Å². The summed E-state index contributed by atoms with van der Waals surface area (Å²) in [4.78, 5) is 12.3. The molecule has 1 aliphatic carbocycles. The second kappa shape index (κ2) is 11.9. The van der Waals surface area contributed by atoms with E-state index in [1.807, 2.05) is 33.8 Å². The minimum atomic E-state index is -0.266. The predicted molar refractivity (Wildman–Crippen MR) is 101 cm³/mol. The van der Waals surface area contributed by atoms with Crippen LogP contribution in [0.5, 0.6) is 0 Å². The second-order valence-electron chi connectivity index (χ2n) is 4.89. The van der Waals surface area contributed by atoms with Crippen molar-refractivity contribution < 1.29 is 9.53 Å². The molecule has 0 spiro atoms. The van der Waals surface area contributed by atoms with Crippen LogP contribution in [0.4, 0.5) is 5.69 Å². The van der Waals surface area contributed by atoms with Crippen LogP contribution in [0, 0.1) is 5.92 Å². The van der Waals surface area contributed by atoms with Gasteiger partial charge in [0.2, 0.25) is 0 Å². The lowest BCUT2D eigenvalue weighted by Gasteiger charge is -2.27. The van der Waals surface area contributed by atoms with Crippen molar-refractivity contribution in [2.75, 3.05) is 12.4 Å². The summed E-state index contributed by atoms with van der Waals surface area (Å²) in [5, 5.41) is 3.49. The Bertz CT molecular complexity index is 426. The van der Waals surface area contributed by atoms with E-state index in [1.54, 1.807) is 0 Å². The molecule has 1 aromatic heterocycles. The number of carbonyl (C=O) groups is 1. The van der Waals surface area contributed by atoms with Crippen LogP contribution in [0.3, 0.4) is 0 Å². The summed E-state index contributed by atoms with van der Waals surface area (Å²) in [5.41, 5.74) is 0.901. The Kier molecular flexibility index (Phi) is 11.6. The minimum Gasteiger partial charge on any atom is -0.465 e. The molecule has 1 aliphatic rings. The third kappa shape index (κ3) is 6.69. The van der Waals surface area contributed by atoms with Crippen LogP contribution in [-0.4, -0.2) is 19.1 Å². The van der Waals surface area contributed by atoms with E-state index in [0.29, 0.717) is 10.9 Å². The lowest BCUT2D eigenvalue weighted by Crippen LogP contribution is -2.25. The molecule has 0 saturated heterocycles. The maximum absolute atomic E-state index is 11.7. The van der Waals surface area contributed by atoms with Crippen molar-refractivity contribution in [1.29, 1.82) is 0 Å².